The van der Waals surface area contributed by atoms with E-state index < -0.39 is 10.0 Å². The number of amides is 1. The lowest BCUT2D eigenvalue weighted by atomic mass is 10.3. The Morgan fingerprint density at radius 3 is 2.45 bits per heavy atom. The van der Waals surface area contributed by atoms with Crippen molar-refractivity contribution in [3.8, 4) is 0 Å². The number of hydrogen-bond donors (Lipinski definition) is 1. The van der Waals surface area contributed by atoms with Crippen LogP contribution in [0.2, 0.25) is 0 Å². The topological polar surface area (TPSA) is 69.7 Å². The fourth-order valence-electron chi connectivity index (χ4n) is 1.40. The van der Waals surface area contributed by atoms with Gasteiger partial charge in [0.1, 0.15) is 4.32 Å². The van der Waals surface area contributed by atoms with Crippen LogP contribution in [0.4, 0.5) is 5.69 Å². The summed E-state index contributed by atoms with van der Waals surface area (Å²) in [6, 6.07) is 6.15. The lowest BCUT2D eigenvalue weighted by Gasteiger charge is -2.14. The van der Waals surface area contributed by atoms with Crippen molar-refractivity contribution in [2.24, 2.45) is 0 Å². The van der Waals surface area contributed by atoms with Crippen molar-refractivity contribution < 1.29 is 13.2 Å². The molecule has 0 unspecified atom stereocenters. The first-order valence-electron chi connectivity index (χ1n) is 6.31. The van der Waals surface area contributed by atoms with Crippen molar-refractivity contribution in [3.63, 3.8) is 0 Å². The van der Waals surface area contributed by atoms with Gasteiger partial charge in [0.05, 0.1) is 10.6 Å². The molecule has 1 aromatic rings. The van der Waals surface area contributed by atoms with Gasteiger partial charge < -0.3 is 10.2 Å². The van der Waals surface area contributed by atoms with E-state index in [1.54, 1.807) is 17.0 Å². The number of anilines is 1. The highest BCUT2D eigenvalue weighted by Gasteiger charge is 2.17. The maximum atomic E-state index is 12.0. The van der Waals surface area contributed by atoms with Crippen LogP contribution in [0, 0.1) is 0 Å². The number of nitrogens with one attached hydrogen (secondary N) is 1. The fraction of sp³-hybridized carbons (Fsp3) is 0.385. The first-order chi connectivity index (χ1) is 10.1. The summed E-state index contributed by atoms with van der Waals surface area (Å²) in [5, 5.41) is 2.67. The molecule has 0 bridgehead atoms. The molecular formula is C13H19N3O3S3. The summed E-state index contributed by atoms with van der Waals surface area (Å²) in [5.41, 5.74) is 0.435. The number of rotatable bonds is 5. The third-order valence-corrected chi connectivity index (χ3v) is 6.14. The molecule has 0 aliphatic carbocycles. The van der Waals surface area contributed by atoms with Gasteiger partial charge >= 0.3 is 0 Å². The number of sulfonamides is 1. The number of thioether (sulfide) groups is 1. The molecule has 0 aromatic heterocycles. The summed E-state index contributed by atoms with van der Waals surface area (Å²) < 4.78 is 25.8. The van der Waals surface area contributed by atoms with Crippen LogP contribution in [0.15, 0.2) is 29.2 Å². The summed E-state index contributed by atoms with van der Waals surface area (Å²) in [6.45, 7) is 0. The molecule has 0 aliphatic rings. The van der Waals surface area contributed by atoms with Crippen LogP contribution >= 0.6 is 24.0 Å². The standard InChI is InChI=1S/C13H19N3O3S3/c1-15(2)13(20)21-9-12(17)14-10-6-5-7-11(8-10)22(18,19)16(3)4/h5-8H,9H2,1-4H3,(H,14,17). The first kappa shape index (κ1) is 18.9. The number of carbonyl (C=O) groups is 1. The third-order valence-electron chi connectivity index (χ3n) is 2.59. The average molecular weight is 362 g/mol. The maximum absolute atomic E-state index is 12.0. The highest BCUT2D eigenvalue weighted by Crippen LogP contribution is 2.18. The SMILES string of the molecule is CN(C)C(=S)SCC(=O)Nc1cccc(S(=O)(=O)N(C)C)c1. The zero-order chi connectivity index (χ0) is 16.9. The lowest BCUT2D eigenvalue weighted by Crippen LogP contribution is -2.23. The van der Waals surface area contributed by atoms with Crippen LogP contribution < -0.4 is 5.32 Å². The van der Waals surface area contributed by atoms with Gasteiger partial charge in [-0.05, 0) is 18.2 Å². The van der Waals surface area contributed by atoms with Gasteiger partial charge in [0.15, 0.2) is 0 Å². The lowest BCUT2D eigenvalue weighted by molar-refractivity contribution is -0.113. The number of carbonyl (C=O) groups excluding carboxylic acids is 1. The van der Waals surface area contributed by atoms with E-state index in [9.17, 15) is 13.2 Å². The summed E-state index contributed by atoms with van der Waals surface area (Å²) in [4.78, 5) is 13.7. The van der Waals surface area contributed by atoms with Crippen LogP contribution in [-0.4, -0.2) is 61.8 Å². The second kappa shape index (κ2) is 7.91. The largest absolute Gasteiger partial charge is 0.364 e. The van der Waals surface area contributed by atoms with Crippen molar-refractivity contribution in [1.29, 1.82) is 0 Å². The normalized spacial score (nSPS) is 11.3. The molecule has 0 spiro atoms. The van der Waals surface area contributed by atoms with Gasteiger partial charge in [0.25, 0.3) is 0 Å². The Morgan fingerprint density at radius 2 is 1.91 bits per heavy atom. The van der Waals surface area contributed by atoms with Gasteiger partial charge in [-0.1, -0.05) is 30.0 Å². The monoisotopic (exact) mass is 361 g/mol. The zero-order valence-corrected chi connectivity index (χ0v) is 15.3. The minimum absolute atomic E-state index is 0.131. The molecular weight excluding hydrogens is 342 g/mol. The van der Waals surface area contributed by atoms with Gasteiger partial charge in [-0.25, -0.2) is 12.7 Å². The van der Waals surface area contributed by atoms with Crippen LogP contribution in [0.25, 0.3) is 0 Å². The molecule has 1 aromatic carbocycles. The second-order valence-electron chi connectivity index (χ2n) is 4.81. The Hall–Kier alpha value is -1.16. The smallest absolute Gasteiger partial charge is 0.242 e. The van der Waals surface area contributed by atoms with E-state index in [4.69, 9.17) is 12.2 Å². The quantitative estimate of drug-likeness (QED) is 0.801. The summed E-state index contributed by atoms with van der Waals surface area (Å²) >= 11 is 6.33. The molecule has 122 valence electrons. The van der Waals surface area contributed by atoms with Gasteiger partial charge in [-0.3, -0.25) is 4.79 Å². The van der Waals surface area contributed by atoms with Crippen LogP contribution in [0.3, 0.4) is 0 Å². The molecule has 1 N–H and O–H groups in total. The molecule has 0 saturated heterocycles. The Bertz CT molecular complexity index is 657. The fourth-order valence-corrected chi connectivity index (χ4v) is 3.11. The molecule has 0 radical (unpaired) electrons. The summed E-state index contributed by atoms with van der Waals surface area (Å²) in [7, 11) is 3.01. The van der Waals surface area contributed by atoms with E-state index in [0.29, 0.717) is 10.0 Å². The van der Waals surface area contributed by atoms with Gasteiger partial charge in [0, 0.05) is 33.9 Å². The molecule has 0 fully saturated rings. The number of nitrogens with zero attached hydrogens (tertiary/aromatic N) is 2. The molecule has 0 heterocycles. The predicted molar refractivity (Wildman–Crippen MR) is 94.7 cm³/mol. The van der Waals surface area contributed by atoms with Crippen LogP contribution in [0.5, 0.6) is 0 Å². The minimum Gasteiger partial charge on any atom is -0.364 e. The van der Waals surface area contributed by atoms with Gasteiger partial charge in [0.2, 0.25) is 15.9 Å². The molecule has 1 rings (SSSR count). The second-order valence-corrected chi connectivity index (χ2v) is 8.57. The summed E-state index contributed by atoms with van der Waals surface area (Å²) in [5.74, 6) is -0.0737. The van der Waals surface area contributed by atoms with E-state index in [-0.39, 0.29) is 16.6 Å². The highest BCUT2D eigenvalue weighted by molar-refractivity contribution is 8.23. The molecule has 6 nitrogen and oxygen atoms in total. The van der Waals surface area contributed by atoms with E-state index in [1.807, 2.05) is 14.1 Å². The van der Waals surface area contributed by atoms with E-state index in [0.717, 1.165) is 4.31 Å². The predicted octanol–water partition coefficient (Wildman–Crippen LogP) is 1.46. The number of thiocarbonyl (C=S) groups is 1. The van der Waals surface area contributed by atoms with E-state index in [1.165, 1.54) is 38.0 Å². The van der Waals surface area contributed by atoms with Crippen molar-refractivity contribution >= 4 is 49.9 Å². The third kappa shape index (κ3) is 5.24. The Balaban J connectivity index is 2.75. The van der Waals surface area contributed by atoms with Crippen LogP contribution in [-0.2, 0) is 14.8 Å². The minimum atomic E-state index is -3.52. The van der Waals surface area contributed by atoms with E-state index >= 15 is 0 Å². The molecule has 9 heteroatoms. The molecule has 1 amide bonds. The van der Waals surface area contributed by atoms with Crippen molar-refractivity contribution in [3.05, 3.63) is 24.3 Å². The highest BCUT2D eigenvalue weighted by atomic mass is 32.2. The van der Waals surface area contributed by atoms with Gasteiger partial charge in [-0.15, -0.1) is 0 Å². The van der Waals surface area contributed by atoms with Crippen LogP contribution in [0.1, 0.15) is 0 Å². The Labute approximate surface area is 140 Å². The molecule has 0 atom stereocenters. The molecule has 0 aliphatic heterocycles. The number of hydrogen-bond acceptors (Lipinski definition) is 5. The first-order valence-corrected chi connectivity index (χ1v) is 9.14. The van der Waals surface area contributed by atoms with Crippen molar-refractivity contribution in [1.82, 2.24) is 9.21 Å². The Morgan fingerprint density at radius 1 is 1.27 bits per heavy atom. The van der Waals surface area contributed by atoms with Gasteiger partial charge in [-0.2, -0.15) is 0 Å². The summed E-state index contributed by atoms with van der Waals surface area (Å²) in [6.07, 6.45) is 0. The van der Waals surface area contributed by atoms with Crippen molar-refractivity contribution in [2.45, 2.75) is 4.90 Å². The van der Waals surface area contributed by atoms with Crippen molar-refractivity contribution in [2.75, 3.05) is 39.3 Å². The molecule has 22 heavy (non-hydrogen) atoms. The average Bonchev–Trinajstić information content (AvgIpc) is 2.44. The molecule has 0 saturated carbocycles. The van der Waals surface area contributed by atoms with E-state index in [2.05, 4.69) is 5.32 Å². The Kier molecular flexibility index (Phi) is 6.79. The maximum Gasteiger partial charge on any atom is 0.242 e. The zero-order valence-electron chi connectivity index (χ0n) is 12.9. The number of benzene rings is 1.